The van der Waals surface area contributed by atoms with E-state index in [2.05, 4.69) is 4.98 Å². The lowest BCUT2D eigenvalue weighted by Crippen LogP contribution is -2.36. The minimum Gasteiger partial charge on any atom is -0.396 e. The molecule has 0 aliphatic heterocycles. The molecule has 0 saturated heterocycles. The van der Waals surface area contributed by atoms with Gasteiger partial charge in [-0.15, -0.1) is 0 Å². The predicted octanol–water partition coefficient (Wildman–Crippen LogP) is -0.877. The maximum Gasteiger partial charge on any atom is 0.330 e. The van der Waals surface area contributed by atoms with E-state index in [0.29, 0.717) is 5.56 Å². The highest BCUT2D eigenvalue weighted by Gasteiger charge is 2.16. The van der Waals surface area contributed by atoms with E-state index >= 15 is 0 Å². The first-order valence-corrected chi connectivity index (χ1v) is 5.68. The number of aromatic nitrogens is 2. The van der Waals surface area contributed by atoms with Crippen LogP contribution in [0.25, 0.3) is 0 Å². The summed E-state index contributed by atoms with van der Waals surface area (Å²) in [7, 11) is 0. The van der Waals surface area contributed by atoms with E-state index in [9.17, 15) is 9.59 Å². The number of ether oxygens (including phenoxy) is 1. The Bertz CT molecular complexity index is 493. The van der Waals surface area contributed by atoms with Crippen LogP contribution in [-0.4, -0.2) is 39.1 Å². The fourth-order valence-corrected chi connectivity index (χ4v) is 1.49. The van der Waals surface area contributed by atoms with Gasteiger partial charge < -0.3 is 14.9 Å². The van der Waals surface area contributed by atoms with E-state index < -0.39 is 23.6 Å². The number of H-pyrrole nitrogens is 1. The van der Waals surface area contributed by atoms with Gasteiger partial charge in [0.25, 0.3) is 5.56 Å². The van der Waals surface area contributed by atoms with Gasteiger partial charge in [0.2, 0.25) is 0 Å². The van der Waals surface area contributed by atoms with Gasteiger partial charge in [-0.2, -0.15) is 0 Å². The van der Waals surface area contributed by atoms with Crippen molar-refractivity contribution in [1.29, 1.82) is 0 Å². The van der Waals surface area contributed by atoms with E-state index in [4.69, 9.17) is 14.9 Å². The molecule has 0 spiro atoms. The van der Waals surface area contributed by atoms with Crippen molar-refractivity contribution in [2.75, 3.05) is 13.2 Å². The fourth-order valence-electron chi connectivity index (χ4n) is 1.49. The molecule has 0 fully saturated rings. The van der Waals surface area contributed by atoms with Crippen LogP contribution in [0.1, 0.15) is 25.1 Å². The van der Waals surface area contributed by atoms with Gasteiger partial charge in [0.05, 0.1) is 12.7 Å². The van der Waals surface area contributed by atoms with Gasteiger partial charge in [-0.05, 0) is 13.8 Å². The number of aliphatic hydroxyl groups is 2. The van der Waals surface area contributed by atoms with Crippen molar-refractivity contribution in [3.05, 3.63) is 32.6 Å². The summed E-state index contributed by atoms with van der Waals surface area (Å²) in [6.07, 6.45) is 0.377. The SMILES string of the molecule is Cc1cn([C@H](CCO)O[C@H](C)CO)c(=O)[nH]c1=O. The molecular weight excluding hydrogens is 240 g/mol. The Kier molecular flexibility index (Phi) is 5.26. The number of aryl methyl sites for hydroxylation is 1. The summed E-state index contributed by atoms with van der Waals surface area (Å²) >= 11 is 0. The van der Waals surface area contributed by atoms with Crippen LogP contribution < -0.4 is 11.2 Å². The Balaban J connectivity index is 3.09. The first-order chi connectivity index (χ1) is 8.49. The molecule has 0 bridgehead atoms. The topological polar surface area (TPSA) is 105 Å². The minimum absolute atomic E-state index is 0.173. The normalized spacial score (nSPS) is 14.4. The van der Waals surface area contributed by atoms with Gasteiger partial charge in [-0.1, -0.05) is 0 Å². The lowest BCUT2D eigenvalue weighted by molar-refractivity contribution is -0.0772. The molecule has 1 heterocycles. The van der Waals surface area contributed by atoms with Crippen molar-refractivity contribution in [2.24, 2.45) is 0 Å². The molecule has 7 heteroatoms. The van der Waals surface area contributed by atoms with Crippen LogP contribution in [0.5, 0.6) is 0 Å². The molecule has 0 amide bonds. The monoisotopic (exact) mass is 258 g/mol. The molecule has 102 valence electrons. The summed E-state index contributed by atoms with van der Waals surface area (Å²) in [6.45, 7) is 2.85. The molecule has 2 atom stereocenters. The summed E-state index contributed by atoms with van der Waals surface area (Å²) in [4.78, 5) is 25.1. The Morgan fingerprint density at radius 1 is 1.44 bits per heavy atom. The zero-order valence-corrected chi connectivity index (χ0v) is 10.4. The lowest BCUT2D eigenvalue weighted by atomic mass is 10.3. The largest absolute Gasteiger partial charge is 0.396 e. The van der Waals surface area contributed by atoms with E-state index in [1.165, 1.54) is 10.8 Å². The van der Waals surface area contributed by atoms with Crippen molar-refractivity contribution < 1.29 is 14.9 Å². The van der Waals surface area contributed by atoms with Crippen LogP contribution >= 0.6 is 0 Å². The number of rotatable bonds is 6. The second-order valence-electron chi connectivity index (χ2n) is 4.07. The molecule has 0 radical (unpaired) electrons. The standard InChI is InChI=1S/C11H18N2O5/c1-7-5-13(11(17)12-10(7)16)9(3-4-14)18-8(2)6-15/h5,8-9,14-15H,3-4,6H2,1-2H3,(H,12,16,17)/t8-,9+/m1/s1. The van der Waals surface area contributed by atoms with E-state index in [1.807, 2.05) is 0 Å². The van der Waals surface area contributed by atoms with Crippen LogP contribution in [-0.2, 0) is 4.74 Å². The molecule has 1 aromatic heterocycles. The molecule has 7 nitrogen and oxygen atoms in total. The maximum atomic E-state index is 11.7. The zero-order chi connectivity index (χ0) is 13.7. The average molecular weight is 258 g/mol. The fraction of sp³-hybridized carbons (Fsp3) is 0.636. The highest BCUT2D eigenvalue weighted by Crippen LogP contribution is 2.13. The molecule has 0 aliphatic rings. The quantitative estimate of drug-likeness (QED) is 0.615. The second-order valence-corrected chi connectivity index (χ2v) is 4.07. The van der Waals surface area contributed by atoms with Gasteiger partial charge >= 0.3 is 5.69 Å². The zero-order valence-electron chi connectivity index (χ0n) is 10.4. The summed E-state index contributed by atoms with van der Waals surface area (Å²) in [6, 6.07) is 0. The molecular formula is C11H18N2O5. The highest BCUT2D eigenvalue weighted by atomic mass is 16.5. The molecule has 18 heavy (non-hydrogen) atoms. The van der Waals surface area contributed by atoms with Gasteiger partial charge in [0.1, 0.15) is 6.23 Å². The number of aromatic amines is 1. The van der Waals surface area contributed by atoms with Gasteiger partial charge in [-0.25, -0.2) is 4.79 Å². The molecule has 0 saturated carbocycles. The lowest BCUT2D eigenvalue weighted by Gasteiger charge is -2.22. The molecule has 1 aromatic rings. The number of aliphatic hydroxyl groups excluding tert-OH is 2. The minimum atomic E-state index is -0.722. The van der Waals surface area contributed by atoms with Crippen LogP contribution in [0.4, 0.5) is 0 Å². The summed E-state index contributed by atoms with van der Waals surface area (Å²) in [5, 5.41) is 17.9. The molecule has 0 unspecified atom stereocenters. The third kappa shape index (κ3) is 3.52. The molecule has 1 rings (SSSR count). The Hall–Kier alpha value is -1.44. The smallest absolute Gasteiger partial charge is 0.330 e. The van der Waals surface area contributed by atoms with E-state index in [0.717, 1.165) is 0 Å². The molecule has 0 aromatic carbocycles. The van der Waals surface area contributed by atoms with E-state index in [1.54, 1.807) is 13.8 Å². The number of nitrogens with zero attached hydrogens (tertiary/aromatic N) is 1. The Labute approximate surface area is 104 Å². The van der Waals surface area contributed by atoms with Crippen LogP contribution in [0.2, 0.25) is 0 Å². The number of hydrogen-bond acceptors (Lipinski definition) is 5. The van der Waals surface area contributed by atoms with Crippen molar-refractivity contribution >= 4 is 0 Å². The first kappa shape index (κ1) is 14.6. The van der Waals surface area contributed by atoms with Crippen molar-refractivity contribution in [2.45, 2.75) is 32.6 Å². The third-order valence-electron chi connectivity index (χ3n) is 2.48. The van der Waals surface area contributed by atoms with Crippen molar-refractivity contribution in [3.8, 4) is 0 Å². The van der Waals surface area contributed by atoms with Gasteiger partial charge in [-0.3, -0.25) is 14.3 Å². The first-order valence-electron chi connectivity index (χ1n) is 5.68. The van der Waals surface area contributed by atoms with Crippen LogP contribution in [0, 0.1) is 6.92 Å². The van der Waals surface area contributed by atoms with Crippen molar-refractivity contribution in [1.82, 2.24) is 9.55 Å². The number of hydrogen-bond donors (Lipinski definition) is 3. The summed E-state index contributed by atoms with van der Waals surface area (Å²) in [5.41, 5.74) is -0.679. The van der Waals surface area contributed by atoms with E-state index in [-0.39, 0.29) is 19.6 Å². The average Bonchev–Trinajstić information content (AvgIpc) is 2.33. The van der Waals surface area contributed by atoms with Crippen molar-refractivity contribution in [3.63, 3.8) is 0 Å². The van der Waals surface area contributed by atoms with Gasteiger partial charge in [0, 0.05) is 24.8 Å². The Morgan fingerprint density at radius 2 is 2.11 bits per heavy atom. The van der Waals surface area contributed by atoms with Crippen LogP contribution in [0.3, 0.4) is 0 Å². The van der Waals surface area contributed by atoms with Gasteiger partial charge in [0.15, 0.2) is 0 Å². The predicted molar refractivity (Wildman–Crippen MR) is 64.4 cm³/mol. The Morgan fingerprint density at radius 3 is 2.67 bits per heavy atom. The van der Waals surface area contributed by atoms with Crippen LogP contribution in [0.15, 0.2) is 15.8 Å². The molecule has 0 aliphatic carbocycles. The third-order valence-corrected chi connectivity index (χ3v) is 2.48. The highest BCUT2D eigenvalue weighted by molar-refractivity contribution is 5.01. The maximum absolute atomic E-state index is 11.7. The summed E-state index contributed by atoms with van der Waals surface area (Å²) in [5.74, 6) is 0. The summed E-state index contributed by atoms with van der Waals surface area (Å²) < 4.78 is 6.64. The second kappa shape index (κ2) is 6.48. The molecule has 3 N–H and O–H groups in total. The number of nitrogens with one attached hydrogen (secondary N) is 1.